The fraction of sp³-hybridized carbons (Fsp3) is 0.632. The largest absolute Gasteiger partial charge is 0.488 e. The second-order valence-electron chi connectivity index (χ2n) is 9.25. The maximum atomic E-state index is 13.2. The molecule has 3 atom stereocenters. The van der Waals surface area contributed by atoms with Gasteiger partial charge in [-0.15, -0.1) is 22.0 Å². The van der Waals surface area contributed by atoms with Crippen LogP contribution in [0.2, 0.25) is 13.1 Å². The van der Waals surface area contributed by atoms with Crippen molar-refractivity contribution in [3.8, 4) is 5.88 Å². The third-order valence-corrected chi connectivity index (χ3v) is 9.46. The average Bonchev–Trinajstić information content (AvgIpc) is 2.98. The van der Waals surface area contributed by atoms with E-state index in [1.807, 2.05) is 27.7 Å². The molecular weight excluding hydrogens is 472 g/mol. The van der Waals surface area contributed by atoms with E-state index in [2.05, 4.69) is 23.3 Å². The van der Waals surface area contributed by atoms with E-state index in [1.54, 1.807) is 0 Å². The number of carboxylic acids is 1. The van der Waals surface area contributed by atoms with Crippen LogP contribution >= 0.6 is 23.5 Å². The highest BCUT2D eigenvalue weighted by atomic mass is 32.2. The molecule has 13 heteroatoms. The summed E-state index contributed by atoms with van der Waals surface area (Å²) in [6.45, 7) is 12.2. The van der Waals surface area contributed by atoms with E-state index in [4.69, 9.17) is 4.43 Å². The van der Waals surface area contributed by atoms with Crippen LogP contribution in [0.25, 0.3) is 0 Å². The number of hydrogen-bond donors (Lipinski definition) is 2. The number of carbonyl (C=O) groups is 2. The summed E-state index contributed by atoms with van der Waals surface area (Å²) in [7, 11) is -0.0530. The van der Waals surface area contributed by atoms with Gasteiger partial charge in [0.2, 0.25) is 5.91 Å². The number of rotatable bonds is 7. The molecule has 176 valence electrons. The van der Waals surface area contributed by atoms with Gasteiger partial charge in [-0.25, -0.2) is 4.79 Å². The van der Waals surface area contributed by atoms with Gasteiger partial charge in [-0.05, 0) is 25.4 Å². The molecule has 1 saturated heterocycles. The molecule has 10 nitrogen and oxygen atoms in total. The minimum absolute atomic E-state index is 0.0384. The Labute approximate surface area is 196 Å². The average molecular weight is 501 g/mol. The lowest BCUT2D eigenvalue weighted by Crippen LogP contribution is -2.69. The first-order chi connectivity index (χ1) is 14.7. The second-order valence-corrected chi connectivity index (χ2v) is 13.7. The zero-order valence-corrected chi connectivity index (χ0v) is 21.9. The molecule has 2 N–H and O–H groups in total. The van der Waals surface area contributed by atoms with Crippen molar-refractivity contribution in [2.24, 2.45) is 18.4 Å². The maximum absolute atomic E-state index is 13.2. The van der Waals surface area contributed by atoms with Crippen molar-refractivity contribution in [2.45, 2.75) is 56.9 Å². The number of carboxylic acid groups (broad SMARTS) is 1. The molecule has 2 aliphatic heterocycles. The molecule has 0 bridgehead atoms. The Morgan fingerprint density at radius 3 is 2.41 bits per heavy atom. The molecule has 1 fully saturated rings. The molecule has 0 spiro atoms. The smallest absolute Gasteiger partial charge is 0.353 e. The maximum Gasteiger partial charge on any atom is 0.353 e. The zero-order chi connectivity index (χ0) is 24.2. The predicted octanol–water partition coefficient (Wildman–Crippen LogP) is 1.61. The molecule has 1 amide bonds. The van der Waals surface area contributed by atoms with Crippen molar-refractivity contribution >= 4 is 44.4 Å². The Bertz CT molecular complexity index is 1050. The molecule has 1 unspecified atom stereocenters. The number of β-lactam (4-membered cyclic amide) rings is 1. The summed E-state index contributed by atoms with van der Waals surface area (Å²) in [6.07, 6.45) is 0. The Morgan fingerprint density at radius 2 is 1.88 bits per heavy atom. The second kappa shape index (κ2) is 8.50. The summed E-state index contributed by atoms with van der Waals surface area (Å²) in [5.74, 6) is -2.41. The zero-order valence-electron chi connectivity index (χ0n) is 19.1. The van der Waals surface area contributed by atoms with Crippen molar-refractivity contribution in [3.63, 3.8) is 0 Å². The van der Waals surface area contributed by atoms with Crippen LogP contribution in [0.15, 0.2) is 20.6 Å². The Kier molecular flexibility index (Phi) is 6.59. The van der Waals surface area contributed by atoms with Crippen LogP contribution in [-0.2, 0) is 21.1 Å². The highest BCUT2D eigenvalue weighted by molar-refractivity contribution is 8.06. The van der Waals surface area contributed by atoms with Crippen LogP contribution in [0.4, 0.5) is 0 Å². The molecule has 0 radical (unpaired) electrons. The molecule has 3 rings (SSSR count). The minimum atomic E-state index is -1.50. The van der Waals surface area contributed by atoms with Gasteiger partial charge in [0.15, 0.2) is 14.2 Å². The highest BCUT2D eigenvalue weighted by Gasteiger charge is 2.65. The number of nitrogens with zero attached hydrogens (tertiary/aromatic N) is 4. The van der Waals surface area contributed by atoms with Crippen molar-refractivity contribution in [3.05, 3.63) is 21.0 Å². The van der Waals surface area contributed by atoms with Gasteiger partial charge in [-0.2, -0.15) is 0 Å². The number of amides is 1. The first kappa shape index (κ1) is 24.8. The number of aliphatic carboxylic acids is 1. The fourth-order valence-electron chi connectivity index (χ4n) is 3.89. The number of aromatic hydroxyl groups is 1. The summed E-state index contributed by atoms with van der Waals surface area (Å²) in [4.78, 5) is 39.0. The van der Waals surface area contributed by atoms with Crippen LogP contribution in [0, 0.1) is 11.3 Å². The number of thioether (sulfide) groups is 2. The van der Waals surface area contributed by atoms with Crippen molar-refractivity contribution < 1.29 is 24.2 Å². The van der Waals surface area contributed by atoms with Crippen LogP contribution in [0.1, 0.15) is 27.7 Å². The van der Waals surface area contributed by atoms with Crippen LogP contribution in [0.3, 0.4) is 0 Å². The van der Waals surface area contributed by atoms with Crippen molar-refractivity contribution in [1.82, 2.24) is 19.7 Å². The fourth-order valence-corrected chi connectivity index (χ4v) is 8.01. The van der Waals surface area contributed by atoms with Crippen LogP contribution in [-0.4, -0.2) is 67.5 Å². The molecule has 0 saturated carbocycles. The summed E-state index contributed by atoms with van der Waals surface area (Å²) in [5.41, 5.74) is -1.80. The lowest BCUT2D eigenvalue weighted by atomic mass is 9.66. The van der Waals surface area contributed by atoms with E-state index in [9.17, 15) is 24.6 Å². The molecule has 2 aliphatic rings. The normalized spacial score (nSPS) is 22.8. The lowest BCUT2D eigenvalue weighted by molar-refractivity contribution is -0.173. The van der Waals surface area contributed by atoms with Gasteiger partial charge in [0.05, 0.1) is 11.5 Å². The monoisotopic (exact) mass is 500 g/mol. The van der Waals surface area contributed by atoms with Crippen LogP contribution < -0.4 is 5.56 Å². The summed E-state index contributed by atoms with van der Waals surface area (Å²) < 4.78 is 7.56. The number of hydrogen-bond acceptors (Lipinski definition) is 9. The predicted molar refractivity (Wildman–Crippen MR) is 124 cm³/mol. The van der Waals surface area contributed by atoms with Gasteiger partial charge in [0, 0.05) is 17.7 Å². The molecule has 32 heavy (non-hydrogen) atoms. The molecule has 3 heterocycles. The van der Waals surface area contributed by atoms with Gasteiger partial charge < -0.3 is 14.6 Å². The third-order valence-electron chi connectivity index (χ3n) is 5.92. The van der Waals surface area contributed by atoms with E-state index >= 15 is 0 Å². The quantitative estimate of drug-likeness (QED) is 0.323. The highest BCUT2D eigenvalue weighted by Crippen LogP contribution is 2.57. The van der Waals surface area contributed by atoms with Gasteiger partial charge in [-0.3, -0.25) is 19.1 Å². The topological polar surface area (TPSA) is 135 Å². The Balaban J connectivity index is 1.89. The van der Waals surface area contributed by atoms with E-state index in [-0.39, 0.29) is 33.3 Å². The van der Waals surface area contributed by atoms with Gasteiger partial charge >= 0.3 is 11.5 Å². The first-order valence-electron chi connectivity index (χ1n) is 10.1. The molecule has 1 aromatic heterocycles. The Hall–Kier alpha value is -1.83. The molecule has 0 aromatic carbocycles. The van der Waals surface area contributed by atoms with Gasteiger partial charge in [-0.1, -0.05) is 32.5 Å². The van der Waals surface area contributed by atoms with E-state index < -0.39 is 38.0 Å². The van der Waals surface area contributed by atoms with E-state index in [1.165, 1.54) is 23.7 Å². The molecule has 0 aliphatic carbocycles. The van der Waals surface area contributed by atoms with E-state index in [0.29, 0.717) is 4.91 Å². The number of fused-ring (bicyclic) bond motifs is 1. The molecule has 1 aromatic rings. The third kappa shape index (κ3) is 3.99. The summed E-state index contributed by atoms with van der Waals surface area (Å²) in [5, 5.41) is 26.3. The minimum Gasteiger partial charge on any atom is -0.488 e. The van der Waals surface area contributed by atoms with Gasteiger partial charge in [0.25, 0.3) is 5.88 Å². The standard InChI is InChI=1S/C19H28N4O6S2Si/c1-18(2,3)19(4,29-32(6)7)10-13(25)23-11(16(27)28)9(31-15(10)23)8-30-17-21-20-12(24)14(26)22(17)5/h10,15,32H,8H2,1-7H3,(H,20,24)(H,27,28)/t10-,15+,19?/m0/s1. The van der Waals surface area contributed by atoms with Crippen molar-refractivity contribution in [2.75, 3.05) is 5.75 Å². The summed E-state index contributed by atoms with van der Waals surface area (Å²) >= 11 is 2.46. The summed E-state index contributed by atoms with van der Waals surface area (Å²) in [6, 6.07) is 0. The number of carbonyl (C=O) groups excluding carboxylic acids is 1. The number of aromatic nitrogens is 3. The Morgan fingerprint density at radius 1 is 1.25 bits per heavy atom. The van der Waals surface area contributed by atoms with E-state index in [0.717, 1.165) is 16.3 Å². The lowest BCUT2D eigenvalue weighted by Gasteiger charge is -2.56. The van der Waals surface area contributed by atoms with Gasteiger partial charge in [0.1, 0.15) is 11.1 Å². The van der Waals surface area contributed by atoms with Crippen LogP contribution in [0.5, 0.6) is 5.88 Å². The van der Waals surface area contributed by atoms with Crippen molar-refractivity contribution in [1.29, 1.82) is 0 Å². The molecular formula is C19H28N4O6S2Si. The first-order valence-corrected chi connectivity index (χ1v) is 14.7. The SMILES string of the molecule is Cn1c(SCC2=C(C(=O)O)N3C(=O)[C@H](C(C)(O[SiH](C)C)C(C)(C)C)[C@H]3S2)nnc(O)c1=O.